The number of benzene rings is 1. The van der Waals surface area contributed by atoms with E-state index in [1.807, 2.05) is 0 Å². The predicted octanol–water partition coefficient (Wildman–Crippen LogP) is 1.08. The first kappa shape index (κ1) is 21.3. The molecule has 0 bridgehead atoms. The maximum atomic E-state index is 11.9. The lowest BCUT2D eigenvalue weighted by Gasteiger charge is -2.22. The molecule has 8 heteroatoms. The maximum absolute atomic E-state index is 11.9. The second-order valence-electron chi connectivity index (χ2n) is 5.10. The van der Waals surface area contributed by atoms with Crippen molar-refractivity contribution in [3.8, 4) is 0 Å². The number of carboxylic acids is 2. The van der Waals surface area contributed by atoms with E-state index in [9.17, 15) is 19.2 Å². The highest BCUT2D eigenvalue weighted by atomic mass is 16.4. The third-order valence-electron chi connectivity index (χ3n) is 3.27. The van der Waals surface area contributed by atoms with Crippen molar-refractivity contribution in [3.05, 3.63) is 29.8 Å². The van der Waals surface area contributed by atoms with E-state index < -0.39 is 17.5 Å². The van der Waals surface area contributed by atoms with Crippen molar-refractivity contribution in [1.82, 2.24) is 0 Å². The van der Waals surface area contributed by atoms with Crippen LogP contribution in [0.5, 0.6) is 0 Å². The van der Waals surface area contributed by atoms with Crippen LogP contribution in [-0.2, 0) is 14.4 Å². The number of carbonyl (C=O) groups excluding carboxylic acids is 2. The highest BCUT2D eigenvalue weighted by Crippen LogP contribution is 2.19. The number of rotatable bonds is 8. The number of nitrogen functional groups attached to an aromatic ring is 1. The van der Waals surface area contributed by atoms with Crippen LogP contribution in [0.1, 0.15) is 43.0 Å². The number of Topliss-reactive ketones (excluding diaryl/α,β-unsaturated/α-hetero) is 1. The number of carbonyl (C=O) groups is 4. The molecule has 132 valence electrons. The van der Waals surface area contributed by atoms with Gasteiger partial charge in [0.25, 0.3) is 0 Å². The zero-order chi connectivity index (χ0) is 18.8. The van der Waals surface area contributed by atoms with Gasteiger partial charge in [-0.2, -0.15) is 0 Å². The Morgan fingerprint density at radius 3 is 2.17 bits per heavy atom. The van der Waals surface area contributed by atoms with Crippen LogP contribution in [0.3, 0.4) is 0 Å². The van der Waals surface area contributed by atoms with Gasteiger partial charge in [0.15, 0.2) is 5.78 Å². The second kappa shape index (κ2) is 10.1. The van der Waals surface area contributed by atoms with Crippen molar-refractivity contribution in [1.29, 1.82) is 0 Å². The van der Waals surface area contributed by atoms with Crippen LogP contribution in [0.4, 0.5) is 5.69 Å². The van der Waals surface area contributed by atoms with E-state index >= 15 is 0 Å². The van der Waals surface area contributed by atoms with E-state index in [0.29, 0.717) is 17.5 Å². The summed E-state index contributed by atoms with van der Waals surface area (Å²) in [5, 5.41) is 16.9. The lowest BCUT2D eigenvalue weighted by molar-refractivity contribution is -0.143. The predicted molar refractivity (Wildman–Crippen MR) is 87.6 cm³/mol. The average Bonchev–Trinajstić information content (AvgIpc) is 2.53. The first-order valence-electron chi connectivity index (χ1n) is 7.23. The highest BCUT2D eigenvalue weighted by molar-refractivity contribution is 6.03. The number of ketones is 1. The number of hydrogen-bond donors (Lipinski definition) is 4. The topological polar surface area (TPSA) is 161 Å². The smallest absolute Gasteiger partial charge is 0.324 e. The molecule has 0 amide bonds. The van der Waals surface area contributed by atoms with Crippen LogP contribution in [-0.4, -0.2) is 39.8 Å². The Morgan fingerprint density at radius 1 is 1.21 bits per heavy atom. The second-order valence-corrected chi connectivity index (χ2v) is 5.10. The van der Waals surface area contributed by atoms with Crippen LogP contribution < -0.4 is 11.5 Å². The fraction of sp³-hybridized carbons (Fsp3) is 0.375. The molecule has 1 unspecified atom stereocenters. The van der Waals surface area contributed by atoms with Gasteiger partial charge in [-0.1, -0.05) is 19.1 Å². The molecule has 1 aromatic rings. The van der Waals surface area contributed by atoms with E-state index in [2.05, 4.69) is 0 Å². The molecule has 0 saturated carbocycles. The Bertz CT molecular complexity index is 602. The normalized spacial score (nSPS) is 12.2. The number of nitrogens with two attached hydrogens (primary N) is 2. The van der Waals surface area contributed by atoms with Crippen LogP contribution >= 0.6 is 0 Å². The van der Waals surface area contributed by atoms with E-state index in [-0.39, 0.29) is 31.5 Å². The number of anilines is 1. The molecule has 1 aromatic carbocycles. The van der Waals surface area contributed by atoms with Gasteiger partial charge in [0.1, 0.15) is 11.8 Å². The van der Waals surface area contributed by atoms with Gasteiger partial charge >= 0.3 is 11.9 Å². The number of para-hydroxylation sites is 1. The van der Waals surface area contributed by atoms with Gasteiger partial charge in [-0.25, -0.2) is 0 Å². The first-order chi connectivity index (χ1) is 11.2. The minimum absolute atomic E-state index is 0.0521. The van der Waals surface area contributed by atoms with Crippen molar-refractivity contribution in [2.75, 3.05) is 5.73 Å². The molecular weight excluding hydrogens is 316 g/mol. The Morgan fingerprint density at radius 2 is 1.79 bits per heavy atom. The van der Waals surface area contributed by atoms with Crippen molar-refractivity contribution >= 4 is 29.7 Å². The quantitative estimate of drug-likeness (QED) is 0.311. The third kappa shape index (κ3) is 7.01. The molecule has 0 fully saturated rings. The zero-order valence-electron chi connectivity index (χ0n) is 13.4. The van der Waals surface area contributed by atoms with Gasteiger partial charge < -0.3 is 26.5 Å². The molecule has 0 aliphatic heterocycles. The molecule has 6 N–H and O–H groups in total. The minimum atomic E-state index is -1.53. The van der Waals surface area contributed by atoms with Crippen LogP contribution in [0.2, 0.25) is 0 Å². The number of hydrogen-bond acceptors (Lipinski definition) is 6. The fourth-order valence-electron chi connectivity index (χ4n) is 1.67. The lowest BCUT2D eigenvalue weighted by atomic mass is 9.88. The Kier molecular flexibility index (Phi) is 8.96. The van der Waals surface area contributed by atoms with Crippen LogP contribution in [0, 0.1) is 0 Å². The van der Waals surface area contributed by atoms with Gasteiger partial charge in [-0.3, -0.25) is 14.4 Å². The zero-order valence-corrected chi connectivity index (χ0v) is 13.4. The molecule has 1 rings (SSSR count). The Balaban J connectivity index is 0.000000640. The number of aldehydes is 1. The average molecular weight is 338 g/mol. The lowest BCUT2D eigenvalue weighted by Crippen LogP contribution is -2.49. The molecule has 1 atom stereocenters. The fourth-order valence-corrected chi connectivity index (χ4v) is 1.67. The van der Waals surface area contributed by atoms with Gasteiger partial charge in [-0.15, -0.1) is 0 Å². The molecule has 0 aromatic heterocycles. The van der Waals surface area contributed by atoms with Gasteiger partial charge in [-0.05, 0) is 18.6 Å². The summed E-state index contributed by atoms with van der Waals surface area (Å²) in [4.78, 5) is 42.0. The minimum Gasteiger partial charge on any atom is -0.481 e. The van der Waals surface area contributed by atoms with Gasteiger partial charge in [0, 0.05) is 24.1 Å². The Labute approximate surface area is 139 Å². The van der Waals surface area contributed by atoms with Crippen molar-refractivity contribution in [2.45, 2.75) is 38.1 Å². The summed E-state index contributed by atoms with van der Waals surface area (Å²) in [7, 11) is 0. The molecule has 0 aliphatic carbocycles. The molecule has 0 saturated heterocycles. The van der Waals surface area contributed by atoms with Gasteiger partial charge in [0.2, 0.25) is 0 Å². The molecule has 0 spiro atoms. The summed E-state index contributed by atoms with van der Waals surface area (Å²) in [6.07, 6.45) is 0.584. The highest BCUT2D eigenvalue weighted by Gasteiger charge is 2.35. The van der Waals surface area contributed by atoms with E-state index in [1.165, 1.54) is 0 Å². The van der Waals surface area contributed by atoms with Crippen molar-refractivity contribution in [3.63, 3.8) is 0 Å². The third-order valence-corrected chi connectivity index (χ3v) is 3.27. The molecular formula is C16H22N2O6. The van der Waals surface area contributed by atoms with E-state index in [4.69, 9.17) is 21.7 Å². The standard InChI is InChI=1S/C12H16N2O3.C4H6O3/c1-2-12(14,11(16)17)7-10(15)8-5-3-4-6-9(8)13;5-3-1-2-4(6)7/h3-6H,2,7,13-14H2,1H3,(H,16,17);3H,1-2H2,(H,6,7). The van der Waals surface area contributed by atoms with Crippen LogP contribution in [0.25, 0.3) is 0 Å². The van der Waals surface area contributed by atoms with E-state index in [1.54, 1.807) is 31.2 Å². The van der Waals surface area contributed by atoms with Crippen LogP contribution in [0.15, 0.2) is 24.3 Å². The summed E-state index contributed by atoms with van der Waals surface area (Å²) in [5.74, 6) is -2.45. The van der Waals surface area contributed by atoms with Crippen molar-refractivity contribution in [2.24, 2.45) is 5.73 Å². The first-order valence-corrected chi connectivity index (χ1v) is 7.23. The number of aliphatic carboxylic acids is 2. The van der Waals surface area contributed by atoms with E-state index in [0.717, 1.165) is 0 Å². The summed E-state index contributed by atoms with van der Waals surface area (Å²) >= 11 is 0. The van der Waals surface area contributed by atoms with Gasteiger partial charge in [0.05, 0.1) is 6.42 Å². The summed E-state index contributed by atoms with van der Waals surface area (Å²) < 4.78 is 0. The summed E-state index contributed by atoms with van der Waals surface area (Å²) in [6, 6.07) is 6.54. The maximum Gasteiger partial charge on any atom is 0.324 e. The van der Waals surface area contributed by atoms with Crippen molar-refractivity contribution < 1.29 is 29.4 Å². The summed E-state index contributed by atoms with van der Waals surface area (Å²) in [5.41, 5.74) is 10.4. The molecule has 0 aliphatic rings. The largest absolute Gasteiger partial charge is 0.481 e. The molecule has 8 nitrogen and oxygen atoms in total. The monoisotopic (exact) mass is 338 g/mol. The molecule has 0 radical (unpaired) electrons. The number of carboxylic acid groups (broad SMARTS) is 2. The Hall–Kier alpha value is -2.74. The summed E-state index contributed by atoms with van der Waals surface area (Å²) in [6.45, 7) is 1.63. The molecule has 0 heterocycles. The SMILES string of the molecule is CCC(N)(CC(=O)c1ccccc1N)C(=O)O.O=CCCC(=O)O. The molecule has 24 heavy (non-hydrogen) atoms.